The van der Waals surface area contributed by atoms with Crippen molar-refractivity contribution in [2.75, 3.05) is 20.3 Å². The number of hydrogen-bond acceptors (Lipinski definition) is 8. The zero-order valence-electron chi connectivity index (χ0n) is 19.7. The Kier molecular flexibility index (Phi) is 8.69. The summed E-state index contributed by atoms with van der Waals surface area (Å²) in [7, 11) is -3.23. The van der Waals surface area contributed by atoms with Crippen LogP contribution in [0.1, 0.15) is 36.1 Å². The van der Waals surface area contributed by atoms with Crippen molar-refractivity contribution in [1.29, 1.82) is 0 Å². The second-order valence-electron chi connectivity index (χ2n) is 7.54. The summed E-state index contributed by atoms with van der Waals surface area (Å²) < 4.78 is 43.8. The number of hydroxylamine groups is 2. The number of benzene rings is 1. The van der Waals surface area contributed by atoms with Gasteiger partial charge >= 0.3 is 22.3 Å². The molecule has 3 rings (SSSR count). The number of alkyl carbamates (subject to hydrolysis) is 1. The van der Waals surface area contributed by atoms with Crippen LogP contribution < -0.4 is 5.32 Å². The number of fused-ring (bicyclic) bond motifs is 1. The van der Waals surface area contributed by atoms with E-state index in [-0.39, 0.29) is 23.8 Å². The first-order valence-electron chi connectivity index (χ1n) is 10.7. The highest BCUT2D eigenvalue weighted by Gasteiger charge is 2.48. The highest BCUT2D eigenvalue weighted by atomic mass is 79.9. The van der Waals surface area contributed by atoms with Crippen molar-refractivity contribution in [3.8, 4) is 0 Å². The largest absolute Gasteiger partial charge is 0.450 e. The van der Waals surface area contributed by atoms with E-state index in [0.717, 1.165) is 10.5 Å². The monoisotopic (exact) mass is 650 g/mol. The summed E-state index contributed by atoms with van der Waals surface area (Å²) in [5.74, 6) is -0.584. The Hall–Kier alpha value is -2.62. The molecule has 0 radical (unpaired) electrons. The van der Waals surface area contributed by atoms with Crippen LogP contribution in [0.4, 0.5) is 9.59 Å². The van der Waals surface area contributed by atoms with Gasteiger partial charge in [-0.2, -0.15) is 8.42 Å². The second-order valence-corrected chi connectivity index (χ2v) is 10.7. The minimum Gasteiger partial charge on any atom is -0.450 e. The predicted octanol–water partition coefficient (Wildman–Crippen LogP) is 3.76. The van der Waals surface area contributed by atoms with Crippen LogP contribution in [0.5, 0.6) is 0 Å². The number of hydrogen-bond donors (Lipinski definition) is 1. The average molecular weight is 652 g/mol. The Morgan fingerprint density at radius 2 is 1.72 bits per heavy atom. The summed E-state index contributed by atoms with van der Waals surface area (Å²) in [5.41, 5.74) is 0.947. The molecule has 0 fully saturated rings. The molecule has 1 aliphatic rings. The van der Waals surface area contributed by atoms with Crippen molar-refractivity contribution in [1.82, 2.24) is 19.8 Å². The lowest BCUT2D eigenvalue weighted by Gasteiger charge is -2.43. The van der Waals surface area contributed by atoms with Crippen molar-refractivity contribution in [3.05, 3.63) is 50.7 Å². The lowest BCUT2D eigenvalue weighted by molar-refractivity contribution is -0.129. The SMILES string of the molecule is CCOC(=O)N[C@@H]1[C@@H](N(OS(=O)(=O)c2ccc(C)cc2)C(=O)OCC)N(C)C(=O)c2cc(Br)c(Br)n21. The second kappa shape index (κ2) is 11.2. The average Bonchev–Trinajstić information content (AvgIpc) is 3.11. The number of carbonyl (C=O) groups is 3. The van der Waals surface area contributed by atoms with Crippen LogP contribution in [0.3, 0.4) is 0 Å². The van der Waals surface area contributed by atoms with Crippen molar-refractivity contribution >= 4 is 60.1 Å². The molecule has 36 heavy (non-hydrogen) atoms. The Morgan fingerprint density at radius 3 is 2.31 bits per heavy atom. The minimum absolute atomic E-state index is 0.0429. The third kappa shape index (κ3) is 5.53. The van der Waals surface area contributed by atoms with Gasteiger partial charge in [-0.15, -0.1) is 9.35 Å². The fourth-order valence-corrected chi connectivity index (χ4v) is 5.34. The van der Waals surface area contributed by atoms with Gasteiger partial charge < -0.3 is 18.9 Å². The Bertz CT molecular complexity index is 1270. The van der Waals surface area contributed by atoms with Crippen molar-refractivity contribution < 1.29 is 36.6 Å². The van der Waals surface area contributed by atoms with Crippen molar-refractivity contribution in [3.63, 3.8) is 0 Å². The molecular formula is C21H24Br2N4O8S. The molecular weight excluding hydrogens is 628 g/mol. The molecule has 196 valence electrons. The third-order valence-electron chi connectivity index (χ3n) is 5.15. The number of rotatable bonds is 7. The topological polar surface area (TPSA) is 136 Å². The molecule has 1 aromatic carbocycles. The number of aromatic nitrogens is 1. The standard InChI is InChI=1S/C21H24Br2N4O8S/c1-5-33-20(29)24-17-18(25(4)19(28)15-11-14(22)16(23)26(15)17)27(21(30)34-6-2)35-36(31,32)13-9-7-12(3)8-10-13/h7-11,17-18H,5-6H2,1-4H3,(H,24,29)/t17-,18+/m0/s1. The van der Waals surface area contributed by atoms with E-state index >= 15 is 0 Å². The van der Waals surface area contributed by atoms with Crippen LogP contribution in [-0.2, 0) is 23.9 Å². The summed E-state index contributed by atoms with van der Waals surface area (Å²) in [4.78, 5) is 39.6. The maximum Gasteiger partial charge on any atom is 0.437 e. The van der Waals surface area contributed by atoms with Crippen LogP contribution in [0, 0.1) is 6.92 Å². The highest BCUT2D eigenvalue weighted by Crippen LogP contribution is 2.37. The summed E-state index contributed by atoms with van der Waals surface area (Å²) >= 11 is 6.69. The highest BCUT2D eigenvalue weighted by molar-refractivity contribution is 9.13. The smallest absolute Gasteiger partial charge is 0.437 e. The van der Waals surface area contributed by atoms with Crippen LogP contribution >= 0.6 is 31.9 Å². The molecule has 0 unspecified atom stereocenters. The van der Waals surface area contributed by atoms with E-state index in [1.54, 1.807) is 26.0 Å². The number of carbonyl (C=O) groups excluding carboxylic acids is 3. The van der Waals surface area contributed by atoms with Crippen LogP contribution in [-0.4, -0.2) is 67.5 Å². The van der Waals surface area contributed by atoms with Gasteiger partial charge in [0.15, 0.2) is 12.3 Å². The predicted molar refractivity (Wildman–Crippen MR) is 133 cm³/mol. The van der Waals surface area contributed by atoms with Crippen LogP contribution in [0.2, 0.25) is 0 Å². The first-order chi connectivity index (χ1) is 16.9. The lowest BCUT2D eigenvalue weighted by atomic mass is 10.2. The van der Waals surface area contributed by atoms with E-state index in [4.69, 9.17) is 13.8 Å². The summed E-state index contributed by atoms with van der Waals surface area (Å²) in [6, 6.07) is 7.27. The molecule has 2 heterocycles. The van der Waals surface area contributed by atoms with Gasteiger partial charge in [0.05, 0.1) is 22.6 Å². The van der Waals surface area contributed by atoms with Gasteiger partial charge in [-0.25, -0.2) is 9.59 Å². The Morgan fingerprint density at radius 1 is 1.11 bits per heavy atom. The van der Waals surface area contributed by atoms with Gasteiger partial charge in [0, 0.05) is 7.05 Å². The molecule has 0 spiro atoms. The normalized spacial score (nSPS) is 17.4. The molecule has 1 N–H and O–H groups in total. The number of amides is 3. The lowest BCUT2D eigenvalue weighted by Crippen LogP contribution is -2.62. The van der Waals surface area contributed by atoms with E-state index in [0.29, 0.717) is 14.1 Å². The molecule has 2 atom stereocenters. The third-order valence-corrected chi connectivity index (χ3v) is 8.30. The van der Waals surface area contributed by atoms with Crippen LogP contribution in [0.25, 0.3) is 0 Å². The first kappa shape index (κ1) is 28.0. The Labute approximate surface area is 224 Å². The number of nitrogens with one attached hydrogen (secondary N) is 1. The number of aryl methyl sites for hydroxylation is 1. The van der Waals surface area contributed by atoms with Gasteiger partial charge in [-0.1, -0.05) is 17.7 Å². The molecule has 15 heteroatoms. The van der Waals surface area contributed by atoms with E-state index in [1.807, 2.05) is 0 Å². The number of nitrogens with zero attached hydrogens (tertiary/aromatic N) is 3. The molecule has 0 saturated carbocycles. The van der Waals surface area contributed by atoms with Gasteiger partial charge in [0.1, 0.15) is 10.3 Å². The van der Waals surface area contributed by atoms with E-state index in [1.165, 1.54) is 36.7 Å². The summed E-state index contributed by atoms with van der Waals surface area (Å²) in [6.07, 6.45) is -4.83. The fraction of sp³-hybridized carbons (Fsp3) is 0.381. The summed E-state index contributed by atoms with van der Waals surface area (Å²) in [5, 5.41) is 2.99. The Balaban J connectivity index is 2.15. The van der Waals surface area contributed by atoms with Gasteiger partial charge in [-0.3, -0.25) is 10.1 Å². The molecule has 0 saturated heterocycles. The molecule has 12 nitrogen and oxygen atoms in total. The number of ether oxygens (including phenoxy) is 2. The minimum atomic E-state index is -4.56. The van der Waals surface area contributed by atoms with Gasteiger partial charge in [0.2, 0.25) is 0 Å². The van der Waals surface area contributed by atoms with Gasteiger partial charge in [0.25, 0.3) is 5.91 Å². The maximum atomic E-state index is 13.2. The number of halogens is 2. The van der Waals surface area contributed by atoms with Gasteiger partial charge in [-0.05, 0) is 70.8 Å². The molecule has 3 amide bonds. The fourth-order valence-electron chi connectivity index (χ4n) is 3.49. The first-order valence-corrected chi connectivity index (χ1v) is 13.7. The van der Waals surface area contributed by atoms with E-state index < -0.39 is 40.5 Å². The molecule has 2 aromatic rings. The zero-order chi connectivity index (χ0) is 26.8. The quantitative estimate of drug-likeness (QED) is 0.447. The number of likely N-dealkylation sites (N-methyl/N-ethyl adjacent to an activating group) is 1. The van der Waals surface area contributed by atoms with Crippen molar-refractivity contribution in [2.24, 2.45) is 0 Å². The molecule has 1 aliphatic heterocycles. The molecule has 0 aliphatic carbocycles. The van der Waals surface area contributed by atoms with Crippen molar-refractivity contribution in [2.45, 2.75) is 38.0 Å². The van der Waals surface area contributed by atoms with Crippen LogP contribution in [0.15, 0.2) is 44.3 Å². The summed E-state index contributed by atoms with van der Waals surface area (Å²) in [6.45, 7) is 4.83. The zero-order valence-corrected chi connectivity index (χ0v) is 23.7. The van der Waals surface area contributed by atoms with E-state index in [2.05, 4.69) is 37.2 Å². The molecule has 1 aromatic heterocycles. The van der Waals surface area contributed by atoms with E-state index in [9.17, 15) is 22.8 Å². The molecule has 0 bridgehead atoms. The maximum absolute atomic E-state index is 13.2.